The molecule has 4 rings (SSSR count). The first-order valence-corrected chi connectivity index (χ1v) is 8.62. The summed E-state index contributed by atoms with van der Waals surface area (Å²) in [7, 11) is 0. The Hall–Kier alpha value is -3.03. The number of piperidine rings is 1. The summed E-state index contributed by atoms with van der Waals surface area (Å²) >= 11 is 0. The number of aromatic nitrogens is 2. The van der Waals surface area contributed by atoms with Gasteiger partial charge in [-0.25, -0.2) is 9.78 Å². The van der Waals surface area contributed by atoms with Crippen LogP contribution in [-0.2, 0) is 6.54 Å². The van der Waals surface area contributed by atoms with Crippen LogP contribution in [0.25, 0.3) is 0 Å². The van der Waals surface area contributed by atoms with Crippen molar-refractivity contribution >= 4 is 6.03 Å². The molecule has 0 saturated carbocycles. The lowest BCUT2D eigenvalue weighted by atomic mass is 10.1. The van der Waals surface area contributed by atoms with E-state index in [1.54, 1.807) is 23.5 Å². The van der Waals surface area contributed by atoms with Crippen LogP contribution in [0.4, 0.5) is 4.79 Å². The molecule has 0 bridgehead atoms. The zero-order valence-electron chi connectivity index (χ0n) is 14.3. The molecule has 2 aromatic rings. The Balaban J connectivity index is 1.30. The van der Waals surface area contributed by atoms with Crippen LogP contribution in [0.2, 0.25) is 0 Å². The maximum atomic E-state index is 12.5. The van der Waals surface area contributed by atoms with Crippen LogP contribution in [-0.4, -0.2) is 46.9 Å². The van der Waals surface area contributed by atoms with Crippen molar-refractivity contribution in [2.45, 2.75) is 25.5 Å². The molecule has 1 N–H and O–H groups in total. The van der Waals surface area contributed by atoms with E-state index in [0.717, 1.165) is 24.2 Å². The van der Waals surface area contributed by atoms with Crippen molar-refractivity contribution in [1.29, 1.82) is 0 Å². The summed E-state index contributed by atoms with van der Waals surface area (Å²) in [4.78, 5) is 22.4. The van der Waals surface area contributed by atoms with Crippen molar-refractivity contribution in [1.82, 2.24) is 20.2 Å². The van der Waals surface area contributed by atoms with Gasteiger partial charge in [-0.15, -0.1) is 0 Å². The topological polar surface area (TPSA) is 85.8 Å². The monoisotopic (exact) mass is 356 g/mol. The Morgan fingerprint density at radius 2 is 2.23 bits per heavy atom. The summed E-state index contributed by atoms with van der Waals surface area (Å²) in [6, 6.07) is 5.56. The molecule has 1 aromatic heterocycles. The first-order valence-electron chi connectivity index (χ1n) is 8.62. The number of nitrogens with zero attached hydrogens (tertiary/aromatic N) is 3. The molecule has 3 heterocycles. The molecule has 0 radical (unpaired) electrons. The smallest absolute Gasteiger partial charge is 0.317 e. The molecule has 0 aliphatic carbocycles. The molecule has 0 unspecified atom stereocenters. The highest BCUT2D eigenvalue weighted by Gasteiger charge is 2.25. The predicted octanol–water partition coefficient (Wildman–Crippen LogP) is 1.96. The zero-order valence-corrected chi connectivity index (χ0v) is 14.3. The zero-order chi connectivity index (χ0) is 17.8. The molecule has 2 amide bonds. The van der Waals surface area contributed by atoms with Gasteiger partial charge in [-0.1, -0.05) is 6.07 Å². The van der Waals surface area contributed by atoms with Crippen molar-refractivity contribution < 1.29 is 19.0 Å². The van der Waals surface area contributed by atoms with E-state index in [4.69, 9.17) is 14.2 Å². The molecular formula is C18H20N4O4. The number of likely N-dealkylation sites (tertiary alicyclic amines) is 1. The first-order chi connectivity index (χ1) is 12.8. The third-order valence-electron chi connectivity index (χ3n) is 4.37. The van der Waals surface area contributed by atoms with Crippen molar-refractivity contribution in [3.05, 3.63) is 42.4 Å². The van der Waals surface area contributed by atoms with Crippen molar-refractivity contribution in [2.24, 2.45) is 0 Å². The number of hydrogen-bond acceptors (Lipinski definition) is 6. The molecule has 0 spiro atoms. The molecule has 1 aromatic carbocycles. The number of nitrogens with one attached hydrogen (secondary N) is 1. The maximum Gasteiger partial charge on any atom is 0.317 e. The number of rotatable bonds is 4. The van der Waals surface area contributed by atoms with E-state index in [1.807, 2.05) is 18.2 Å². The predicted molar refractivity (Wildman–Crippen MR) is 92.1 cm³/mol. The number of benzene rings is 1. The summed E-state index contributed by atoms with van der Waals surface area (Å²) in [6.07, 6.45) is 6.48. The number of hydrogen-bond donors (Lipinski definition) is 1. The highest BCUT2D eigenvalue weighted by molar-refractivity contribution is 5.74. The highest BCUT2D eigenvalue weighted by atomic mass is 16.7. The van der Waals surface area contributed by atoms with E-state index < -0.39 is 0 Å². The lowest BCUT2D eigenvalue weighted by Crippen LogP contribution is -2.48. The summed E-state index contributed by atoms with van der Waals surface area (Å²) in [5.41, 5.74) is 0.965. The third kappa shape index (κ3) is 3.79. The van der Waals surface area contributed by atoms with Crippen molar-refractivity contribution in [3.8, 4) is 17.4 Å². The van der Waals surface area contributed by atoms with Crippen LogP contribution in [0.5, 0.6) is 17.4 Å². The summed E-state index contributed by atoms with van der Waals surface area (Å²) in [5.74, 6) is 1.94. The summed E-state index contributed by atoms with van der Waals surface area (Å²) < 4.78 is 16.5. The SMILES string of the molecule is O=C(NCc1ccc2c(c1)OCO2)N1CCC[C@@H](Oc2cnccn2)C1. The number of amides is 2. The molecule has 1 atom stereocenters. The lowest BCUT2D eigenvalue weighted by Gasteiger charge is -2.32. The molecule has 136 valence electrons. The lowest BCUT2D eigenvalue weighted by molar-refractivity contribution is 0.0974. The summed E-state index contributed by atoms with van der Waals surface area (Å²) in [6.45, 7) is 1.92. The minimum Gasteiger partial charge on any atom is -0.471 e. The molecule has 2 aliphatic heterocycles. The van der Waals surface area contributed by atoms with E-state index in [-0.39, 0.29) is 18.9 Å². The van der Waals surface area contributed by atoms with Crippen LogP contribution in [0, 0.1) is 0 Å². The average Bonchev–Trinajstić information content (AvgIpc) is 3.15. The molecule has 1 fully saturated rings. The Morgan fingerprint density at radius 1 is 1.31 bits per heavy atom. The summed E-state index contributed by atoms with van der Waals surface area (Å²) in [5, 5.41) is 2.95. The molecule has 8 heteroatoms. The number of ether oxygens (including phenoxy) is 3. The van der Waals surface area contributed by atoms with Gasteiger partial charge in [0.05, 0.1) is 12.7 Å². The quantitative estimate of drug-likeness (QED) is 0.901. The van der Waals surface area contributed by atoms with E-state index in [9.17, 15) is 4.79 Å². The van der Waals surface area contributed by atoms with Gasteiger partial charge in [-0.2, -0.15) is 0 Å². The largest absolute Gasteiger partial charge is 0.471 e. The molecule has 1 saturated heterocycles. The molecule has 8 nitrogen and oxygen atoms in total. The number of urea groups is 1. The Morgan fingerprint density at radius 3 is 3.12 bits per heavy atom. The van der Waals surface area contributed by atoms with Gasteiger partial charge >= 0.3 is 6.03 Å². The Kier molecular flexibility index (Phi) is 4.72. The van der Waals surface area contributed by atoms with E-state index in [2.05, 4.69) is 15.3 Å². The minimum atomic E-state index is -0.102. The fourth-order valence-corrected chi connectivity index (χ4v) is 3.08. The van der Waals surface area contributed by atoms with E-state index in [1.165, 1.54) is 0 Å². The van der Waals surface area contributed by atoms with Gasteiger partial charge in [0.25, 0.3) is 0 Å². The van der Waals surface area contributed by atoms with Gasteiger partial charge in [0.15, 0.2) is 11.5 Å². The van der Waals surface area contributed by atoms with Crippen LogP contribution in [0.15, 0.2) is 36.8 Å². The van der Waals surface area contributed by atoms with E-state index >= 15 is 0 Å². The number of fused-ring (bicyclic) bond motifs is 1. The van der Waals surface area contributed by atoms with Crippen LogP contribution < -0.4 is 19.5 Å². The van der Waals surface area contributed by atoms with Crippen molar-refractivity contribution in [2.75, 3.05) is 19.9 Å². The average molecular weight is 356 g/mol. The van der Waals surface area contributed by atoms with Crippen LogP contribution in [0.3, 0.4) is 0 Å². The number of carbonyl (C=O) groups excluding carboxylic acids is 1. The first kappa shape index (κ1) is 16.4. The van der Waals surface area contributed by atoms with Gasteiger partial charge in [-0.3, -0.25) is 4.98 Å². The van der Waals surface area contributed by atoms with Gasteiger partial charge in [0, 0.05) is 25.5 Å². The normalized spacial score (nSPS) is 18.5. The second-order valence-corrected chi connectivity index (χ2v) is 6.22. The second-order valence-electron chi connectivity index (χ2n) is 6.22. The molecule has 26 heavy (non-hydrogen) atoms. The highest BCUT2D eigenvalue weighted by Crippen LogP contribution is 2.32. The number of carbonyl (C=O) groups is 1. The van der Waals surface area contributed by atoms with Gasteiger partial charge in [-0.05, 0) is 30.5 Å². The van der Waals surface area contributed by atoms with Crippen LogP contribution in [0.1, 0.15) is 18.4 Å². The fraction of sp³-hybridized carbons (Fsp3) is 0.389. The fourth-order valence-electron chi connectivity index (χ4n) is 3.08. The second kappa shape index (κ2) is 7.47. The Labute approximate surface area is 151 Å². The third-order valence-corrected chi connectivity index (χ3v) is 4.37. The van der Waals surface area contributed by atoms with E-state index in [0.29, 0.717) is 31.3 Å². The van der Waals surface area contributed by atoms with Crippen LogP contribution >= 0.6 is 0 Å². The van der Waals surface area contributed by atoms with Gasteiger partial charge in [0.1, 0.15) is 6.10 Å². The maximum absolute atomic E-state index is 12.5. The van der Waals surface area contributed by atoms with Crippen molar-refractivity contribution in [3.63, 3.8) is 0 Å². The van der Waals surface area contributed by atoms with Gasteiger partial charge in [0.2, 0.25) is 12.7 Å². The molecule has 2 aliphatic rings. The minimum absolute atomic E-state index is 0.0725. The van der Waals surface area contributed by atoms with Gasteiger partial charge < -0.3 is 24.4 Å². The molecular weight excluding hydrogens is 336 g/mol. The standard InChI is InChI=1S/C18H20N4O4/c23-18(21-9-13-3-4-15-16(8-13)25-12-24-15)22-7-1-2-14(11-22)26-17-10-19-5-6-20-17/h3-6,8,10,14H,1-2,7,9,11-12H2,(H,21,23)/t14-/m1/s1. The Bertz CT molecular complexity index is 771.